The lowest BCUT2D eigenvalue weighted by atomic mass is 9.94. The SMILES string of the molecule is C/C=C/C(=O)Nc1ccc(C(=O)N2CCC[C@@H](Cc3ncc(Cl)c(-c4c[nH]c5ccccc45)n3)C2)cc1. The molecule has 1 fully saturated rings. The molecule has 0 saturated carbocycles. The lowest BCUT2D eigenvalue weighted by Gasteiger charge is -2.32. The zero-order valence-electron chi connectivity index (χ0n) is 20.6. The molecule has 1 aliphatic rings. The Morgan fingerprint density at radius 1 is 1.19 bits per heavy atom. The van der Waals surface area contributed by atoms with E-state index in [1.165, 1.54) is 6.08 Å². The van der Waals surface area contributed by atoms with E-state index in [1.807, 2.05) is 35.4 Å². The standard InChI is InChI=1S/C29H28ClN5O2/c1-2-6-27(36)33-21-12-10-20(11-13-21)29(37)35-14-5-7-19(18-35)15-26-32-17-24(30)28(34-26)23-16-31-25-9-4-3-8-22(23)25/h2-4,6,8-13,16-17,19,31H,5,7,14-15,18H2,1H3,(H,33,36)/b6-2+/t19-/m0/s1. The van der Waals surface area contributed by atoms with Crippen molar-refractivity contribution in [3.05, 3.63) is 89.5 Å². The summed E-state index contributed by atoms with van der Waals surface area (Å²) in [6.07, 6.45) is 9.35. The van der Waals surface area contributed by atoms with Crippen LogP contribution in [0, 0.1) is 5.92 Å². The third-order valence-corrected chi connectivity index (χ3v) is 6.91. The first kappa shape index (κ1) is 24.7. The molecule has 0 aliphatic carbocycles. The number of aromatic amines is 1. The van der Waals surface area contributed by atoms with Crippen LogP contribution in [0.5, 0.6) is 0 Å². The number of benzene rings is 2. The number of carbonyl (C=O) groups excluding carboxylic acids is 2. The number of hydrogen-bond donors (Lipinski definition) is 2. The predicted octanol–water partition coefficient (Wildman–Crippen LogP) is 5.89. The Labute approximate surface area is 220 Å². The van der Waals surface area contributed by atoms with Gasteiger partial charge in [0.1, 0.15) is 5.82 Å². The highest BCUT2D eigenvalue weighted by molar-refractivity contribution is 6.33. The highest BCUT2D eigenvalue weighted by Gasteiger charge is 2.26. The van der Waals surface area contributed by atoms with Crippen molar-refractivity contribution in [2.24, 2.45) is 5.92 Å². The molecule has 0 bridgehead atoms. The van der Waals surface area contributed by atoms with Gasteiger partial charge in [0.05, 0.1) is 10.7 Å². The van der Waals surface area contributed by atoms with Gasteiger partial charge in [-0.05, 0) is 62.1 Å². The minimum Gasteiger partial charge on any atom is -0.360 e. The minimum atomic E-state index is -0.197. The van der Waals surface area contributed by atoms with Crippen LogP contribution in [0.3, 0.4) is 0 Å². The summed E-state index contributed by atoms with van der Waals surface area (Å²) < 4.78 is 0. The summed E-state index contributed by atoms with van der Waals surface area (Å²) in [7, 11) is 0. The van der Waals surface area contributed by atoms with Crippen molar-refractivity contribution in [1.29, 1.82) is 0 Å². The molecule has 8 heteroatoms. The summed E-state index contributed by atoms with van der Waals surface area (Å²) in [5.41, 5.74) is 3.96. The van der Waals surface area contributed by atoms with Gasteiger partial charge < -0.3 is 15.2 Å². The van der Waals surface area contributed by atoms with Gasteiger partial charge in [-0.3, -0.25) is 9.59 Å². The fourth-order valence-corrected chi connectivity index (χ4v) is 5.04. The number of anilines is 1. The van der Waals surface area contributed by atoms with Crippen LogP contribution < -0.4 is 5.32 Å². The van der Waals surface area contributed by atoms with Gasteiger partial charge in [0.15, 0.2) is 0 Å². The molecule has 5 rings (SSSR count). The average molecular weight is 514 g/mol. The number of para-hydroxylation sites is 1. The number of H-pyrrole nitrogens is 1. The lowest BCUT2D eigenvalue weighted by Crippen LogP contribution is -2.40. The molecule has 0 radical (unpaired) electrons. The quantitative estimate of drug-likeness (QED) is 0.314. The first-order valence-electron chi connectivity index (χ1n) is 12.4. The number of rotatable bonds is 6. The molecule has 1 atom stereocenters. The van der Waals surface area contributed by atoms with E-state index in [1.54, 1.807) is 43.5 Å². The van der Waals surface area contributed by atoms with Crippen LogP contribution >= 0.6 is 11.6 Å². The van der Waals surface area contributed by atoms with Gasteiger partial charge in [0.2, 0.25) is 5.91 Å². The first-order valence-corrected chi connectivity index (χ1v) is 12.8. The third-order valence-electron chi connectivity index (χ3n) is 6.63. The number of piperidine rings is 1. The molecule has 2 aromatic heterocycles. The number of amides is 2. The van der Waals surface area contributed by atoms with Crippen molar-refractivity contribution in [3.63, 3.8) is 0 Å². The van der Waals surface area contributed by atoms with Gasteiger partial charge in [-0.1, -0.05) is 35.9 Å². The van der Waals surface area contributed by atoms with E-state index in [2.05, 4.69) is 15.3 Å². The molecule has 1 aliphatic heterocycles. The molecule has 0 spiro atoms. The number of allylic oxidation sites excluding steroid dienone is 1. The van der Waals surface area contributed by atoms with Crippen LogP contribution in [0.25, 0.3) is 22.2 Å². The van der Waals surface area contributed by atoms with Crippen molar-refractivity contribution in [3.8, 4) is 11.3 Å². The second-order valence-electron chi connectivity index (χ2n) is 9.26. The summed E-state index contributed by atoms with van der Waals surface area (Å²) in [4.78, 5) is 39.4. The molecule has 3 heterocycles. The normalized spacial score (nSPS) is 15.8. The summed E-state index contributed by atoms with van der Waals surface area (Å²) in [5.74, 6) is 0.782. The van der Waals surface area contributed by atoms with Crippen LogP contribution in [-0.4, -0.2) is 44.8 Å². The molecular formula is C29H28ClN5O2. The smallest absolute Gasteiger partial charge is 0.253 e. The largest absolute Gasteiger partial charge is 0.360 e. The second kappa shape index (κ2) is 11.0. The zero-order chi connectivity index (χ0) is 25.8. The average Bonchev–Trinajstić information content (AvgIpc) is 3.34. The van der Waals surface area contributed by atoms with Crippen molar-refractivity contribution < 1.29 is 9.59 Å². The number of aromatic nitrogens is 3. The molecule has 2 aromatic carbocycles. The molecule has 2 N–H and O–H groups in total. The number of halogens is 1. The Balaban J connectivity index is 1.27. The first-order chi connectivity index (χ1) is 18.0. The van der Waals surface area contributed by atoms with E-state index in [9.17, 15) is 9.59 Å². The number of hydrogen-bond acceptors (Lipinski definition) is 4. The van der Waals surface area contributed by atoms with Crippen molar-refractivity contribution >= 4 is 40.0 Å². The third kappa shape index (κ3) is 5.57. The number of carbonyl (C=O) groups is 2. The van der Waals surface area contributed by atoms with Crippen LogP contribution in [0.1, 0.15) is 35.9 Å². The topological polar surface area (TPSA) is 91.0 Å². The van der Waals surface area contributed by atoms with E-state index in [4.69, 9.17) is 16.6 Å². The summed E-state index contributed by atoms with van der Waals surface area (Å²) in [6.45, 7) is 3.15. The number of nitrogens with one attached hydrogen (secondary N) is 2. The Morgan fingerprint density at radius 3 is 2.81 bits per heavy atom. The molecule has 0 unspecified atom stereocenters. The minimum absolute atomic E-state index is 0.00691. The fourth-order valence-electron chi connectivity index (χ4n) is 4.85. The summed E-state index contributed by atoms with van der Waals surface area (Å²) in [6, 6.07) is 15.1. The Kier molecular flexibility index (Phi) is 7.32. The molecule has 37 heavy (non-hydrogen) atoms. The number of likely N-dealkylation sites (tertiary alicyclic amines) is 1. The highest BCUT2D eigenvalue weighted by Crippen LogP contribution is 2.32. The zero-order valence-corrected chi connectivity index (χ0v) is 21.3. The van der Waals surface area contributed by atoms with E-state index in [0.717, 1.165) is 47.4 Å². The molecular weight excluding hydrogens is 486 g/mol. The van der Waals surface area contributed by atoms with Gasteiger partial charge in [-0.25, -0.2) is 9.97 Å². The Morgan fingerprint density at radius 2 is 2.00 bits per heavy atom. The molecule has 188 valence electrons. The fraction of sp³-hybridized carbons (Fsp3) is 0.241. The van der Waals surface area contributed by atoms with Crippen LogP contribution in [-0.2, 0) is 11.2 Å². The van der Waals surface area contributed by atoms with E-state index in [-0.39, 0.29) is 17.7 Å². The molecule has 4 aromatic rings. The second-order valence-corrected chi connectivity index (χ2v) is 9.67. The Hall–Kier alpha value is -3.97. The van der Waals surface area contributed by atoms with Gasteiger partial charge in [0.25, 0.3) is 5.91 Å². The van der Waals surface area contributed by atoms with E-state index < -0.39 is 0 Å². The predicted molar refractivity (Wildman–Crippen MR) is 147 cm³/mol. The highest BCUT2D eigenvalue weighted by atomic mass is 35.5. The maximum Gasteiger partial charge on any atom is 0.253 e. The summed E-state index contributed by atoms with van der Waals surface area (Å²) in [5, 5.41) is 4.35. The number of fused-ring (bicyclic) bond motifs is 1. The van der Waals surface area contributed by atoms with Crippen molar-refractivity contribution in [1.82, 2.24) is 19.9 Å². The van der Waals surface area contributed by atoms with Gasteiger partial charge >= 0.3 is 0 Å². The molecule has 7 nitrogen and oxygen atoms in total. The van der Waals surface area contributed by atoms with Crippen LogP contribution in [0.2, 0.25) is 5.02 Å². The van der Waals surface area contributed by atoms with Gasteiger partial charge in [-0.2, -0.15) is 0 Å². The van der Waals surface area contributed by atoms with Gasteiger partial charge in [0, 0.05) is 59.6 Å². The van der Waals surface area contributed by atoms with E-state index >= 15 is 0 Å². The van der Waals surface area contributed by atoms with Crippen molar-refractivity contribution in [2.75, 3.05) is 18.4 Å². The monoisotopic (exact) mass is 513 g/mol. The van der Waals surface area contributed by atoms with E-state index in [0.29, 0.717) is 29.2 Å². The Bertz CT molecular complexity index is 1460. The molecule has 2 amide bonds. The van der Waals surface area contributed by atoms with Gasteiger partial charge in [-0.15, -0.1) is 0 Å². The van der Waals surface area contributed by atoms with Crippen molar-refractivity contribution in [2.45, 2.75) is 26.2 Å². The number of nitrogens with zero attached hydrogens (tertiary/aromatic N) is 3. The molecule has 1 saturated heterocycles. The summed E-state index contributed by atoms with van der Waals surface area (Å²) >= 11 is 6.50. The van der Waals surface area contributed by atoms with Crippen LogP contribution in [0.4, 0.5) is 5.69 Å². The maximum atomic E-state index is 13.2. The maximum absolute atomic E-state index is 13.2. The van der Waals surface area contributed by atoms with Crippen LogP contribution in [0.15, 0.2) is 73.1 Å². The lowest BCUT2D eigenvalue weighted by molar-refractivity contribution is -0.111.